The molecule has 3 aliphatic rings. The molecule has 1 aromatic rings. The highest BCUT2D eigenvalue weighted by Gasteiger charge is 2.49. The van der Waals surface area contributed by atoms with E-state index in [2.05, 4.69) is 10.6 Å². The van der Waals surface area contributed by atoms with Crippen molar-refractivity contribution in [2.24, 2.45) is 0 Å². The molecule has 154 valence electrons. The molecule has 2 saturated heterocycles. The van der Waals surface area contributed by atoms with Gasteiger partial charge in [0.25, 0.3) is 0 Å². The van der Waals surface area contributed by atoms with Crippen molar-refractivity contribution in [2.45, 2.75) is 62.0 Å². The molecule has 2 aliphatic heterocycles. The van der Waals surface area contributed by atoms with E-state index in [1.54, 1.807) is 0 Å². The fourth-order valence-corrected chi connectivity index (χ4v) is 3.96. The number of hydrogen-bond acceptors (Lipinski definition) is 4. The van der Waals surface area contributed by atoms with Gasteiger partial charge in [0, 0.05) is 18.9 Å². The van der Waals surface area contributed by atoms with Crippen molar-refractivity contribution < 1.29 is 32.2 Å². The van der Waals surface area contributed by atoms with Gasteiger partial charge in [-0.2, -0.15) is 0 Å². The molecule has 9 heteroatoms. The number of fused-ring (bicyclic) bond motifs is 1. The standard InChI is InChI=1S/C19H23F3N2O4/c20-11-1-3-13(4-2-11)28-15-10-27-16-14(9-26-17(15)16)24-18(25)23-12-5-7-19(21,22)8-6-12/h1-4,12,14-17H,5-10H2,(H2,23,24,25)/t14-,15-,16+,17+/m0/s1. The second kappa shape index (κ2) is 7.79. The fraction of sp³-hybridized carbons (Fsp3) is 0.632. The van der Waals surface area contributed by atoms with Crippen LogP contribution in [-0.4, -0.2) is 55.6 Å². The summed E-state index contributed by atoms with van der Waals surface area (Å²) in [5, 5.41) is 5.58. The Morgan fingerprint density at radius 2 is 1.71 bits per heavy atom. The Kier molecular flexibility index (Phi) is 5.37. The fourth-order valence-electron chi connectivity index (χ4n) is 3.96. The van der Waals surface area contributed by atoms with E-state index in [0.29, 0.717) is 12.4 Å². The summed E-state index contributed by atoms with van der Waals surface area (Å²) in [6.45, 7) is 0.568. The number of carbonyl (C=O) groups excluding carboxylic acids is 1. The zero-order chi connectivity index (χ0) is 19.7. The van der Waals surface area contributed by atoms with Crippen LogP contribution < -0.4 is 15.4 Å². The summed E-state index contributed by atoms with van der Waals surface area (Å²) >= 11 is 0. The molecular weight excluding hydrogens is 377 g/mol. The molecule has 0 aromatic heterocycles. The molecule has 28 heavy (non-hydrogen) atoms. The minimum atomic E-state index is -2.63. The summed E-state index contributed by atoms with van der Waals surface area (Å²) in [5.41, 5.74) is 0. The number of halogens is 3. The number of benzene rings is 1. The highest BCUT2D eigenvalue weighted by atomic mass is 19.3. The summed E-state index contributed by atoms with van der Waals surface area (Å²) < 4.78 is 56.8. The number of nitrogens with one attached hydrogen (secondary N) is 2. The third-order valence-electron chi connectivity index (χ3n) is 5.48. The summed E-state index contributed by atoms with van der Waals surface area (Å²) in [7, 11) is 0. The average molecular weight is 400 g/mol. The van der Waals surface area contributed by atoms with E-state index < -0.39 is 12.0 Å². The number of rotatable bonds is 4. The second-order valence-corrected chi connectivity index (χ2v) is 7.56. The summed E-state index contributed by atoms with van der Waals surface area (Å²) in [6, 6.07) is 4.69. The largest absolute Gasteiger partial charge is 0.485 e. The van der Waals surface area contributed by atoms with Crippen LogP contribution in [0.5, 0.6) is 5.75 Å². The van der Waals surface area contributed by atoms with Crippen molar-refractivity contribution in [3.8, 4) is 5.75 Å². The maximum absolute atomic E-state index is 13.2. The van der Waals surface area contributed by atoms with Gasteiger partial charge in [-0.25, -0.2) is 18.0 Å². The smallest absolute Gasteiger partial charge is 0.315 e. The number of urea groups is 1. The van der Waals surface area contributed by atoms with Crippen molar-refractivity contribution in [1.82, 2.24) is 10.6 Å². The molecule has 4 atom stereocenters. The summed E-state index contributed by atoms with van der Waals surface area (Å²) in [4.78, 5) is 12.2. The van der Waals surface area contributed by atoms with E-state index in [-0.39, 0.29) is 68.5 Å². The number of carbonyl (C=O) groups is 1. The Balaban J connectivity index is 1.26. The normalized spacial score (nSPS) is 32.0. The van der Waals surface area contributed by atoms with Gasteiger partial charge in [-0.05, 0) is 37.1 Å². The first-order valence-corrected chi connectivity index (χ1v) is 9.50. The van der Waals surface area contributed by atoms with Crippen LogP contribution in [0.15, 0.2) is 24.3 Å². The molecule has 1 aromatic carbocycles. The van der Waals surface area contributed by atoms with Gasteiger partial charge in [-0.15, -0.1) is 0 Å². The van der Waals surface area contributed by atoms with Gasteiger partial charge >= 0.3 is 6.03 Å². The average Bonchev–Trinajstić information content (AvgIpc) is 3.23. The number of ether oxygens (including phenoxy) is 3. The van der Waals surface area contributed by atoms with Crippen LogP contribution in [0.4, 0.5) is 18.0 Å². The first-order chi connectivity index (χ1) is 13.4. The monoisotopic (exact) mass is 400 g/mol. The van der Waals surface area contributed by atoms with Crippen LogP contribution in [-0.2, 0) is 9.47 Å². The maximum Gasteiger partial charge on any atom is 0.315 e. The molecule has 0 bridgehead atoms. The van der Waals surface area contributed by atoms with Crippen LogP contribution in [0.2, 0.25) is 0 Å². The number of alkyl halides is 2. The van der Waals surface area contributed by atoms with Gasteiger partial charge in [-0.1, -0.05) is 0 Å². The molecule has 6 nitrogen and oxygen atoms in total. The first kappa shape index (κ1) is 19.3. The van der Waals surface area contributed by atoms with Crippen LogP contribution in [0, 0.1) is 5.82 Å². The Morgan fingerprint density at radius 1 is 1.04 bits per heavy atom. The molecule has 1 saturated carbocycles. The van der Waals surface area contributed by atoms with Gasteiger partial charge in [-0.3, -0.25) is 0 Å². The van der Waals surface area contributed by atoms with Gasteiger partial charge in [0.2, 0.25) is 5.92 Å². The first-order valence-electron chi connectivity index (χ1n) is 9.50. The van der Waals surface area contributed by atoms with Crippen LogP contribution in [0.3, 0.4) is 0 Å². The van der Waals surface area contributed by atoms with E-state index in [9.17, 15) is 18.0 Å². The van der Waals surface area contributed by atoms with Crippen LogP contribution in [0.25, 0.3) is 0 Å². The lowest BCUT2D eigenvalue weighted by molar-refractivity contribution is -0.0395. The van der Waals surface area contributed by atoms with Crippen molar-refractivity contribution in [3.63, 3.8) is 0 Å². The zero-order valence-electron chi connectivity index (χ0n) is 15.2. The van der Waals surface area contributed by atoms with Crippen molar-refractivity contribution in [1.29, 1.82) is 0 Å². The van der Waals surface area contributed by atoms with Crippen LogP contribution >= 0.6 is 0 Å². The minimum absolute atomic E-state index is 0.208. The van der Waals surface area contributed by atoms with E-state index in [1.165, 1.54) is 24.3 Å². The molecule has 0 radical (unpaired) electrons. The molecule has 2 amide bonds. The molecule has 0 spiro atoms. The SMILES string of the molecule is O=C(NC1CCC(F)(F)CC1)N[C@H]1CO[C@H]2[C@@H]1OC[C@@H]2Oc1ccc(F)cc1. The summed E-state index contributed by atoms with van der Waals surface area (Å²) in [5.74, 6) is -2.46. The van der Waals surface area contributed by atoms with E-state index in [0.717, 1.165) is 0 Å². The van der Waals surface area contributed by atoms with E-state index in [1.807, 2.05) is 0 Å². The molecule has 1 aliphatic carbocycles. The van der Waals surface area contributed by atoms with Gasteiger partial charge in [0.05, 0.1) is 19.3 Å². The van der Waals surface area contributed by atoms with Gasteiger partial charge < -0.3 is 24.8 Å². The Morgan fingerprint density at radius 3 is 2.43 bits per heavy atom. The predicted octanol–water partition coefficient (Wildman–Crippen LogP) is 2.62. The van der Waals surface area contributed by atoms with Gasteiger partial charge in [0.15, 0.2) is 6.10 Å². The Hall–Kier alpha value is -2.00. The minimum Gasteiger partial charge on any atom is -0.485 e. The van der Waals surface area contributed by atoms with Crippen LogP contribution in [0.1, 0.15) is 25.7 Å². The lowest BCUT2D eigenvalue weighted by Crippen LogP contribution is -2.51. The Labute approximate surface area is 160 Å². The third kappa shape index (κ3) is 4.35. The second-order valence-electron chi connectivity index (χ2n) is 7.56. The number of hydrogen-bond donors (Lipinski definition) is 2. The molecule has 4 rings (SSSR count). The third-order valence-corrected chi connectivity index (χ3v) is 5.48. The van der Waals surface area contributed by atoms with Crippen molar-refractivity contribution >= 4 is 6.03 Å². The lowest BCUT2D eigenvalue weighted by atomic mass is 9.92. The lowest BCUT2D eigenvalue weighted by Gasteiger charge is -2.29. The quantitative estimate of drug-likeness (QED) is 0.815. The summed E-state index contributed by atoms with van der Waals surface area (Å²) in [6.07, 6.45) is -0.946. The molecule has 3 fully saturated rings. The molecule has 0 unspecified atom stereocenters. The van der Waals surface area contributed by atoms with Crippen molar-refractivity contribution in [2.75, 3.05) is 13.2 Å². The van der Waals surface area contributed by atoms with Crippen molar-refractivity contribution in [3.05, 3.63) is 30.1 Å². The molecule has 2 heterocycles. The molecule has 2 N–H and O–H groups in total. The maximum atomic E-state index is 13.2. The highest BCUT2D eigenvalue weighted by Crippen LogP contribution is 2.33. The predicted molar refractivity (Wildman–Crippen MR) is 93.0 cm³/mol. The van der Waals surface area contributed by atoms with E-state index >= 15 is 0 Å². The Bertz CT molecular complexity index is 693. The zero-order valence-corrected chi connectivity index (χ0v) is 15.2. The highest BCUT2D eigenvalue weighted by molar-refractivity contribution is 5.74. The topological polar surface area (TPSA) is 68.8 Å². The molecular formula is C19H23F3N2O4. The van der Waals surface area contributed by atoms with Gasteiger partial charge in [0.1, 0.15) is 23.8 Å². The number of amides is 2. The van der Waals surface area contributed by atoms with E-state index in [4.69, 9.17) is 14.2 Å².